The highest BCUT2D eigenvalue weighted by molar-refractivity contribution is 7.09. The molecule has 1 fully saturated rings. The Morgan fingerprint density at radius 3 is 2.86 bits per heavy atom. The van der Waals surface area contributed by atoms with E-state index in [1.807, 2.05) is 0 Å². The van der Waals surface area contributed by atoms with Crippen molar-refractivity contribution in [2.24, 2.45) is 0 Å². The van der Waals surface area contributed by atoms with Gasteiger partial charge in [0.25, 0.3) is 0 Å². The quantitative estimate of drug-likeness (QED) is 0.829. The van der Waals surface area contributed by atoms with Gasteiger partial charge < -0.3 is 5.32 Å². The highest BCUT2D eigenvalue weighted by Crippen LogP contribution is 2.18. The van der Waals surface area contributed by atoms with Gasteiger partial charge in [-0.15, -0.1) is 11.3 Å². The number of aryl methyl sites for hydroxylation is 1. The van der Waals surface area contributed by atoms with Crippen LogP contribution in [0.1, 0.15) is 42.8 Å². The van der Waals surface area contributed by atoms with Crippen LogP contribution in [0.4, 0.5) is 0 Å². The Hall–Kier alpha value is -0.410. The molecule has 0 aromatic carbocycles. The maximum absolute atomic E-state index is 4.45. The lowest BCUT2D eigenvalue weighted by molar-refractivity contribution is 0.372. The molecule has 1 aliphatic rings. The number of nitrogens with zero attached hydrogens (tertiary/aromatic N) is 1. The van der Waals surface area contributed by atoms with Crippen molar-refractivity contribution in [2.45, 2.75) is 51.6 Å². The van der Waals surface area contributed by atoms with Crippen LogP contribution in [0.2, 0.25) is 0 Å². The molecule has 1 N–H and O–H groups in total. The molecular formula is C11H18N2S. The molecule has 0 aliphatic heterocycles. The van der Waals surface area contributed by atoms with Crippen molar-refractivity contribution in [2.75, 3.05) is 0 Å². The average Bonchev–Trinajstić information content (AvgIpc) is 2.63. The molecule has 2 nitrogen and oxygen atoms in total. The van der Waals surface area contributed by atoms with E-state index in [0.29, 0.717) is 0 Å². The number of hydrogen-bond acceptors (Lipinski definition) is 3. The van der Waals surface area contributed by atoms with E-state index >= 15 is 0 Å². The summed E-state index contributed by atoms with van der Waals surface area (Å²) in [6.45, 7) is 3.02. The molecule has 1 heterocycles. The molecule has 14 heavy (non-hydrogen) atoms. The van der Waals surface area contributed by atoms with Gasteiger partial charge in [-0.25, -0.2) is 4.98 Å². The molecule has 0 atom stereocenters. The molecule has 1 aromatic rings. The fraction of sp³-hybridized carbons (Fsp3) is 0.727. The van der Waals surface area contributed by atoms with E-state index < -0.39 is 0 Å². The summed E-state index contributed by atoms with van der Waals surface area (Å²) in [6, 6.07) is 0.743. The van der Waals surface area contributed by atoms with Gasteiger partial charge >= 0.3 is 0 Å². The number of thiazole rings is 1. The van der Waals surface area contributed by atoms with E-state index in [4.69, 9.17) is 0 Å². The second kappa shape index (κ2) is 4.89. The van der Waals surface area contributed by atoms with E-state index in [9.17, 15) is 0 Å². The standard InChI is InChI=1S/C11H18N2S/c1-9-8-14-11(13-9)7-12-10-5-3-2-4-6-10/h8,10,12H,2-7H2,1H3. The van der Waals surface area contributed by atoms with E-state index in [0.717, 1.165) is 18.3 Å². The Morgan fingerprint density at radius 2 is 2.21 bits per heavy atom. The van der Waals surface area contributed by atoms with Gasteiger partial charge in [-0.2, -0.15) is 0 Å². The van der Waals surface area contributed by atoms with Gasteiger partial charge in [0, 0.05) is 23.7 Å². The average molecular weight is 210 g/mol. The predicted octanol–water partition coefficient (Wildman–Crippen LogP) is 2.87. The molecular weight excluding hydrogens is 192 g/mol. The van der Waals surface area contributed by atoms with Crippen LogP contribution in [0.25, 0.3) is 0 Å². The fourth-order valence-electron chi connectivity index (χ4n) is 2.02. The van der Waals surface area contributed by atoms with Gasteiger partial charge in [0.2, 0.25) is 0 Å². The van der Waals surface area contributed by atoms with E-state index in [1.54, 1.807) is 11.3 Å². The Morgan fingerprint density at radius 1 is 1.43 bits per heavy atom. The molecule has 1 aliphatic carbocycles. The van der Waals surface area contributed by atoms with Crippen molar-refractivity contribution in [1.29, 1.82) is 0 Å². The molecule has 0 amide bonds. The number of hydrogen-bond donors (Lipinski definition) is 1. The van der Waals surface area contributed by atoms with Crippen molar-refractivity contribution in [1.82, 2.24) is 10.3 Å². The zero-order valence-electron chi connectivity index (χ0n) is 8.75. The monoisotopic (exact) mass is 210 g/mol. The molecule has 78 valence electrons. The van der Waals surface area contributed by atoms with Crippen LogP contribution < -0.4 is 5.32 Å². The minimum Gasteiger partial charge on any atom is -0.308 e. The highest BCUT2D eigenvalue weighted by Gasteiger charge is 2.12. The summed E-state index contributed by atoms with van der Waals surface area (Å²) in [5.41, 5.74) is 1.15. The maximum Gasteiger partial charge on any atom is 0.107 e. The molecule has 0 spiro atoms. The van der Waals surface area contributed by atoms with Crippen molar-refractivity contribution in [3.63, 3.8) is 0 Å². The minimum absolute atomic E-state index is 0.743. The Balaban J connectivity index is 1.76. The van der Waals surface area contributed by atoms with Crippen LogP contribution >= 0.6 is 11.3 Å². The SMILES string of the molecule is Cc1csc(CNC2CCCCC2)n1. The maximum atomic E-state index is 4.45. The number of aromatic nitrogens is 1. The van der Waals surface area contributed by atoms with Crippen LogP contribution in [-0.2, 0) is 6.54 Å². The summed E-state index contributed by atoms with van der Waals surface area (Å²) >= 11 is 1.76. The molecule has 2 rings (SSSR count). The molecule has 1 saturated carbocycles. The summed E-state index contributed by atoms with van der Waals surface area (Å²) in [7, 11) is 0. The summed E-state index contributed by atoms with van der Waals surface area (Å²) in [5.74, 6) is 0. The van der Waals surface area contributed by atoms with Crippen LogP contribution in [0.5, 0.6) is 0 Å². The topological polar surface area (TPSA) is 24.9 Å². The van der Waals surface area contributed by atoms with Crippen molar-refractivity contribution < 1.29 is 0 Å². The summed E-state index contributed by atoms with van der Waals surface area (Å²) in [4.78, 5) is 4.45. The van der Waals surface area contributed by atoms with Crippen LogP contribution in [0, 0.1) is 6.92 Å². The highest BCUT2D eigenvalue weighted by atomic mass is 32.1. The third-order valence-corrected chi connectivity index (χ3v) is 3.78. The Kier molecular flexibility index (Phi) is 3.54. The molecule has 0 bridgehead atoms. The lowest BCUT2D eigenvalue weighted by atomic mass is 9.96. The minimum atomic E-state index is 0.743. The molecule has 0 unspecified atom stereocenters. The first-order chi connectivity index (χ1) is 6.84. The van der Waals surface area contributed by atoms with Gasteiger partial charge in [-0.1, -0.05) is 19.3 Å². The first-order valence-corrected chi connectivity index (χ1v) is 6.37. The van der Waals surface area contributed by atoms with Crippen LogP contribution in [0.3, 0.4) is 0 Å². The van der Waals surface area contributed by atoms with Crippen LogP contribution in [-0.4, -0.2) is 11.0 Å². The molecule has 3 heteroatoms. The van der Waals surface area contributed by atoms with Gasteiger partial charge in [-0.05, 0) is 19.8 Å². The summed E-state index contributed by atoms with van der Waals surface area (Å²) in [6.07, 6.45) is 6.92. The molecule has 0 radical (unpaired) electrons. The summed E-state index contributed by atoms with van der Waals surface area (Å²) in [5, 5.41) is 6.95. The normalized spacial score (nSPS) is 18.6. The second-order valence-corrected chi connectivity index (χ2v) is 5.04. The van der Waals surface area contributed by atoms with Gasteiger partial charge in [-0.3, -0.25) is 0 Å². The first-order valence-electron chi connectivity index (χ1n) is 5.49. The van der Waals surface area contributed by atoms with Gasteiger partial charge in [0.1, 0.15) is 5.01 Å². The van der Waals surface area contributed by atoms with Crippen molar-refractivity contribution in [3.05, 3.63) is 16.1 Å². The fourth-order valence-corrected chi connectivity index (χ4v) is 2.74. The smallest absolute Gasteiger partial charge is 0.107 e. The van der Waals surface area contributed by atoms with Crippen molar-refractivity contribution in [3.8, 4) is 0 Å². The molecule has 1 aromatic heterocycles. The lowest BCUT2D eigenvalue weighted by Crippen LogP contribution is -2.30. The Labute approximate surface area is 89.8 Å². The third kappa shape index (κ3) is 2.79. The predicted molar refractivity (Wildman–Crippen MR) is 60.6 cm³/mol. The lowest BCUT2D eigenvalue weighted by Gasteiger charge is -2.22. The Bertz CT molecular complexity index is 277. The first kappa shape index (κ1) is 10.1. The zero-order valence-corrected chi connectivity index (χ0v) is 9.57. The number of rotatable bonds is 3. The molecule has 0 saturated heterocycles. The van der Waals surface area contributed by atoms with E-state index in [1.165, 1.54) is 37.1 Å². The third-order valence-electron chi connectivity index (χ3n) is 2.81. The van der Waals surface area contributed by atoms with E-state index in [2.05, 4.69) is 22.6 Å². The van der Waals surface area contributed by atoms with Crippen molar-refractivity contribution >= 4 is 11.3 Å². The van der Waals surface area contributed by atoms with E-state index in [-0.39, 0.29) is 0 Å². The van der Waals surface area contributed by atoms with Gasteiger partial charge in [0.05, 0.1) is 0 Å². The summed E-state index contributed by atoms with van der Waals surface area (Å²) < 4.78 is 0. The van der Waals surface area contributed by atoms with Gasteiger partial charge in [0.15, 0.2) is 0 Å². The van der Waals surface area contributed by atoms with Crippen LogP contribution in [0.15, 0.2) is 5.38 Å². The zero-order chi connectivity index (χ0) is 9.80. The second-order valence-electron chi connectivity index (χ2n) is 4.10. The largest absolute Gasteiger partial charge is 0.308 e. The number of nitrogens with one attached hydrogen (secondary N) is 1.